The lowest BCUT2D eigenvalue weighted by Crippen LogP contribution is -2.40. The summed E-state index contributed by atoms with van der Waals surface area (Å²) in [6.07, 6.45) is 3.97. The lowest BCUT2D eigenvalue weighted by molar-refractivity contribution is -0.139. The van der Waals surface area contributed by atoms with Crippen molar-refractivity contribution in [2.45, 2.75) is 26.4 Å². The second-order valence-electron chi connectivity index (χ2n) is 10.6. The molecule has 5 aromatic rings. The zero-order valence-electron chi connectivity index (χ0n) is 26.0. The average Bonchev–Trinajstić information content (AvgIpc) is 3.56. The molecule has 6 rings (SSSR count). The zero-order chi connectivity index (χ0) is 32.5. The van der Waals surface area contributed by atoms with Gasteiger partial charge in [0, 0.05) is 33.7 Å². The van der Waals surface area contributed by atoms with Gasteiger partial charge in [-0.25, -0.2) is 9.79 Å². The van der Waals surface area contributed by atoms with Gasteiger partial charge in [-0.15, -0.1) is 0 Å². The molecule has 0 N–H and O–H groups in total. The van der Waals surface area contributed by atoms with Crippen LogP contribution in [0.4, 0.5) is 0 Å². The van der Waals surface area contributed by atoms with Crippen molar-refractivity contribution in [3.8, 4) is 17.2 Å². The minimum absolute atomic E-state index is 0.173. The number of fused-ring (bicyclic) bond motifs is 2. The van der Waals surface area contributed by atoms with Crippen molar-refractivity contribution in [1.29, 1.82) is 0 Å². The first-order valence-corrected chi connectivity index (χ1v) is 16.2. The van der Waals surface area contributed by atoms with Gasteiger partial charge >= 0.3 is 5.97 Å². The summed E-state index contributed by atoms with van der Waals surface area (Å²) in [7, 11) is 4.56. The van der Waals surface area contributed by atoms with Crippen LogP contribution in [-0.4, -0.2) is 43.0 Å². The van der Waals surface area contributed by atoms with Gasteiger partial charge in [0.25, 0.3) is 5.56 Å². The van der Waals surface area contributed by atoms with Crippen molar-refractivity contribution in [2.24, 2.45) is 4.99 Å². The van der Waals surface area contributed by atoms with E-state index in [9.17, 15) is 9.59 Å². The quantitative estimate of drug-likeness (QED) is 0.186. The molecule has 0 saturated heterocycles. The maximum absolute atomic E-state index is 14.3. The van der Waals surface area contributed by atoms with Crippen molar-refractivity contribution in [2.75, 3.05) is 27.9 Å². The fourth-order valence-corrected chi connectivity index (χ4v) is 7.12. The maximum atomic E-state index is 14.3. The Balaban J connectivity index is 1.54. The third-order valence-corrected chi connectivity index (χ3v) is 9.40. The van der Waals surface area contributed by atoms with Crippen LogP contribution in [0.3, 0.4) is 0 Å². The number of nitrogens with zero attached hydrogens (tertiary/aromatic N) is 3. The fraction of sp³-hybridized carbons (Fsp3) is 0.229. The summed E-state index contributed by atoms with van der Waals surface area (Å²) in [6, 6.07) is 19.0. The summed E-state index contributed by atoms with van der Waals surface area (Å²) in [5, 5.41) is 1.02. The first-order chi connectivity index (χ1) is 22.3. The molecule has 1 atom stereocenters. The highest BCUT2D eigenvalue weighted by molar-refractivity contribution is 9.10. The second kappa shape index (κ2) is 13.0. The van der Waals surface area contributed by atoms with Gasteiger partial charge in [-0.3, -0.25) is 9.36 Å². The van der Waals surface area contributed by atoms with Crippen LogP contribution >= 0.6 is 27.3 Å². The normalized spacial score (nSPS) is 14.7. The molecule has 0 fully saturated rings. The van der Waals surface area contributed by atoms with E-state index in [1.807, 2.05) is 30.3 Å². The number of thiazole rings is 1. The average molecular weight is 703 g/mol. The third-order valence-electron chi connectivity index (χ3n) is 7.89. The van der Waals surface area contributed by atoms with E-state index in [2.05, 4.69) is 51.0 Å². The fourth-order valence-electron chi connectivity index (χ4n) is 5.81. The molecule has 11 heteroatoms. The highest BCUT2D eigenvalue weighted by Gasteiger charge is 2.34. The number of rotatable bonds is 9. The molecule has 9 nitrogen and oxygen atoms in total. The molecule has 0 amide bonds. The molecule has 3 heterocycles. The monoisotopic (exact) mass is 701 g/mol. The van der Waals surface area contributed by atoms with Crippen molar-refractivity contribution in [1.82, 2.24) is 9.13 Å². The Kier molecular flexibility index (Phi) is 8.88. The Morgan fingerprint density at radius 2 is 1.72 bits per heavy atom. The minimum Gasteiger partial charge on any atom is -0.493 e. The number of esters is 1. The number of hydrogen-bond donors (Lipinski definition) is 0. The SMILES string of the molecule is CCOC(=O)C1=C(C)N=c2s/c(=C/c3cn(Cc4ccc(Br)cc4)c4ccccc34)c(=O)n2[C@H]1c1cc(OC)c(OC)c(OC)c1. The first-order valence-electron chi connectivity index (χ1n) is 14.6. The molecule has 0 unspecified atom stereocenters. The van der Waals surface area contributed by atoms with Gasteiger partial charge in [-0.1, -0.05) is 57.6 Å². The van der Waals surface area contributed by atoms with E-state index in [-0.39, 0.29) is 17.7 Å². The molecular formula is C35H32BrN3O6S. The predicted molar refractivity (Wildman–Crippen MR) is 182 cm³/mol. The molecule has 0 spiro atoms. The van der Waals surface area contributed by atoms with Crippen LogP contribution in [-0.2, 0) is 16.1 Å². The Bertz CT molecular complexity index is 2150. The summed E-state index contributed by atoms with van der Waals surface area (Å²) in [5.74, 6) is 0.651. The molecule has 1 aliphatic heterocycles. The van der Waals surface area contributed by atoms with Crippen LogP contribution in [0.5, 0.6) is 17.2 Å². The molecule has 0 aliphatic carbocycles. The van der Waals surface area contributed by atoms with E-state index in [0.717, 1.165) is 26.5 Å². The topological polar surface area (TPSA) is 93.3 Å². The number of para-hydroxylation sites is 1. The van der Waals surface area contributed by atoms with Gasteiger partial charge in [0.1, 0.15) is 0 Å². The first kappa shape index (κ1) is 31.4. The third kappa shape index (κ3) is 5.65. The smallest absolute Gasteiger partial charge is 0.338 e. The molecule has 236 valence electrons. The van der Waals surface area contributed by atoms with E-state index in [4.69, 9.17) is 23.9 Å². The summed E-state index contributed by atoms with van der Waals surface area (Å²) in [4.78, 5) is 32.9. The number of methoxy groups -OCH3 is 3. The van der Waals surface area contributed by atoms with E-state index in [1.165, 1.54) is 32.7 Å². The van der Waals surface area contributed by atoms with Crippen LogP contribution in [0, 0.1) is 0 Å². The summed E-state index contributed by atoms with van der Waals surface area (Å²) < 4.78 is 27.5. The van der Waals surface area contributed by atoms with Crippen LogP contribution in [0.15, 0.2) is 92.4 Å². The van der Waals surface area contributed by atoms with Gasteiger partial charge in [0.05, 0.1) is 49.8 Å². The molecule has 46 heavy (non-hydrogen) atoms. The largest absolute Gasteiger partial charge is 0.493 e. The lowest BCUT2D eigenvalue weighted by atomic mass is 9.95. The van der Waals surface area contributed by atoms with E-state index < -0.39 is 12.0 Å². The highest BCUT2D eigenvalue weighted by Crippen LogP contribution is 2.42. The molecule has 2 aromatic heterocycles. The molecule has 0 saturated carbocycles. The maximum Gasteiger partial charge on any atom is 0.338 e. The van der Waals surface area contributed by atoms with Crippen molar-refractivity contribution in [3.05, 3.63) is 119 Å². The van der Waals surface area contributed by atoms with Crippen LogP contribution < -0.4 is 29.1 Å². The summed E-state index contributed by atoms with van der Waals surface area (Å²) in [6.45, 7) is 4.34. The number of hydrogen-bond acceptors (Lipinski definition) is 8. The van der Waals surface area contributed by atoms with Gasteiger partial charge in [-0.05, 0) is 61.4 Å². The van der Waals surface area contributed by atoms with Gasteiger partial charge in [-0.2, -0.15) is 0 Å². The highest BCUT2D eigenvalue weighted by atomic mass is 79.9. The number of aromatic nitrogens is 2. The Labute approximate surface area is 277 Å². The number of carbonyl (C=O) groups excluding carboxylic acids is 1. The van der Waals surface area contributed by atoms with Crippen molar-refractivity contribution < 1.29 is 23.7 Å². The number of ether oxygens (including phenoxy) is 4. The van der Waals surface area contributed by atoms with E-state index >= 15 is 0 Å². The van der Waals surface area contributed by atoms with Crippen LogP contribution in [0.25, 0.3) is 17.0 Å². The molecule has 1 aliphatic rings. The van der Waals surface area contributed by atoms with Crippen LogP contribution in [0.2, 0.25) is 0 Å². The second-order valence-corrected chi connectivity index (χ2v) is 12.5. The zero-order valence-corrected chi connectivity index (χ0v) is 28.4. The van der Waals surface area contributed by atoms with Crippen molar-refractivity contribution in [3.63, 3.8) is 0 Å². The van der Waals surface area contributed by atoms with E-state index in [1.54, 1.807) is 30.5 Å². The number of carbonyl (C=O) groups is 1. The number of halogens is 1. The number of allylic oxidation sites excluding steroid dienone is 1. The van der Waals surface area contributed by atoms with Gasteiger partial charge in [0.15, 0.2) is 16.3 Å². The van der Waals surface area contributed by atoms with Gasteiger partial charge in [0.2, 0.25) is 5.75 Å². The molecule has 3 aromatic carbocycles. The van der Waals surface area contributed by atoms with Crippen LogP contribution in [0.1, 0.15) is 36.6 Å². The van der Waals surface area contributed by atoms with Crippen molar-refractivity contribution >= 4 is 50.2 Å². The minimum atomic E-state index is -0.843. The van der Waals surface area contributed by atoms with E-state index in [0.29, 0.717) is 44.4 Å². The Hall–Kier alpha value is -4.61. The Morgan fingerprint density at radius 3 is 2.37 bits per heavy atom. The predicted octanol–water partition coefficient (Wildman–Crippen LogP) is 5.59. The Morgan fingerprint density at radius 1 is 1.02 bits per heavy atom. The number of benzene rings is 3. The summed E-state index contributed by atoms with van der Waals surface area (Å²) in [5.41, 5.74) is 4.16. The molecule has 0 radical (unpaired) electrons. The van der Waals surface area contributed by atoms with Gasteiger partial charge < -0.3 is 23.5 Å². The lowest BCUT2D eigenvalue weighted by Gasteiger charge is -2.26. The standard InChI is InChI=1S/C35H32BrN3O6S/c1-6-45-34(41)30-20(2)37-35-39(31(30)22-15-27(42-3)32(44-5)28(16-22)43-4)33(40)29(46-35)17-23-19-38(26-10-8-7-9-25(23)26)18-21-11-13-24(36)14-12-21/h7-17,19,31H,6,18H2,1-5H3/b29-17+/t31-/m0/s1. The molecular weight excluding hydrogens is 670 g/mol. The summed E-state index contributed by atoms with van der Waals surface area (Å²) >= 11 is 4.79. The molecule has 0 bridgehead atoms.